The van der Waals surface area contributed by atoms with Gasteiger partial charge in [-0.2, -0.15) is 5.10 Å². The zero-order valence-electron chi connectivity index (χ0n) is 17.0. The predicted octanol–water partition coefficient (Wildman–Crippen LogP) is 5.24. The molecular weight excluding hydrogens is 394 g/mol. The highest BCUT2D eigenvalue weighted by atomic mass is 35.5. The Balaban J connectivity index is 1.38. The number of nitrogens with zero attached hydrogens (tertiary/aromatic N) is 5. The fourth-order valence-corrected chi connectivity index (χ4v) is 4.53. The molecule has 0 amide bonds. The van der Waals surface area contributed by atoms with E-state index in [1.54, 1.807) is 6.33 Å². The molecule has 0 spiro atoms. The number of rotatable bonds is 4. The summed E-state index contributed by atoms with van der Waals surface area (Å²) >= 11 is 6.23. The molecule has 0 bridgehead atoms. The standard InChI is InChI=1S/C24H24ClN5/c1-17-7-8-20(25)14-22(17)30-24-21(15-28-30)23(26-16-27-24)29-11-9-19(10-12-29)13-18-5-3-2-4-6-18/h2-8,14-16,19H,9-13H2,1H3. The maximum Gasteiger partial charge on any atom is 0.168 e. The van der Waals surface area contributed by atoms with Gasteiger partial charge in [0.25, 0.3) is 0 Å². The van der Waals surface area contributed by atoms with Gasteiger partial charge in [-0.3, -0.25) is 0 Å². The van der Waals surface area contributed by atoms with Crippen LogP contribution in [-0.4, -0.2) is 32.8 Å². The number of aryl methyl sites for hydroxylation is 1. The smallest absolute Gasteiger partial charge is 0.168 e. The molecule has 0 aliphatic carbocycles. The Morgan fingerprint density at radius 2 is 1.83 bits per heavy atom. The molecule has 1 fully saturated rings. The number of benzene rings is 2. The van der Waals surface area contributed by atoms with E-state index in [1.165, 1.54) is 18.4 Å². The Kier molecular flexibility index (Phi) is 5.13. The normalized spacial score (nSPS) is 15.1. The number of hydrogen-bond donors (Lipinski definition) is 0. The van der Waals surface area contributed by atoms with Gasteiger partial charge in [-0.15, -0.1) is 0 Å². The maximum absolute atomic E-state index is 6.23. The van der Waals surface area contributed by atoms with Crippen LogP contribution in [0.15, 0.2) is 61.1 Å². The zero-order valence-corrected chi connectivity index (χ0v) is 17.8. The summed E-state index contributed by atoms with van der Waals surface area (Å²) in [5.41, 5.74) is 4.30. The van der Waals surface area contributed by atoms with Crippen molar-refractivity contribution in [2.24, 2.45) is 5.92 Å². The first-order valence-electron chi connectivity index (χ1n) is 10.4. The molecule has 2 aromatic carbocycles. The molecule has 3 heterocycles. The van der Waals surface area contributed by atoms with Gasteiger partial charge in [-0.25, -0.2) is 14.6 Å². The minimum Gasteiger partial charge on any atom is -0.356 e. The molecule has 1 saturated heterocycles. The van der Waals surface area contributed by atoms with E-state index in [-0.39, 0.29) is 0 Å². The third-order valence-corrected chi connectivity index (χ3v) is 6.26. The minimum absolute atomic E-state index is 0.689. The van der Waals surface area contributed by atoms with Crippen LogP contribution >= 0.6 is 11.6 Å². The number of aromatic nitrogens is 4. The van der Waals surface area contributed by atoms with Crippen LogP contribution in [-0.2, 0) is 6.42 Å². The van der Waals surface area contributed by atoms with Gasteiger partial charge in [-0.1, -0.05) is 48.0 Å². The van der Waals surface area contributed by atoms with E-state index >= 15 is 0 Å². The van der Waals surface area contributed by atoms with Crippen molar-refractivity contribution in [1.82, 2.24) is 19.7 Å². The van der Waals surface area contributed by atoms with E-state index in [0.717, 1.165) is 53.5 Å². The van der Waals surface area contributed by atoms with Gasteiger partial charge in [0.15, 0.2) is 5.65 Å². The average molecular weight is 418 g/mol. The monoisotopic (exact) mass is 417 g/mol. The molecule has 152 valence electrons. The topological polar surface area (TPSA) is 46.8 Å². The van der Waals surface area contributed by atoms with Gasteiger partial charge in [0.1, 0.15) is 12.1 Å². The first kappa shape index (κ1) is 19.1. The molecule has 2 aromatic heterocycles. The Labute approximate surface area is 181 Å². The Morgan fingerprint density at radius 1 is 1.03 bits per heavy atom. The van der Waals surface area contributed by atoms with Gasteiger partial charge in [0, 0.05) is 18.1 Å². The van der Waals surface area contributed by atoms with E-state index in [4.69, 9.17) is 11.6 Å². The lowest BCUT2D eigenvalue weighted by Gasteiger charge is -2.33. The van der Waals surface area contributed by atoms with Crippen molar-refractivity contribution < 1.29 is 0 Å². The van der Waals surface area contributed by atoms with E-state index < -0.39 is 0 Å². The third kappa shape index (κ3) is 3.65. The van der Waals surface area contributed by atoms with Crippen LogP contribution in [0.1, 0.15) is 24.0 Å². The summed E-state index contributed by atoms with van der Waals surface area (Å²) in [7, 11) is 0. The molecule has 0 N–H and O–H groups in total. The molecule has 6 heteroatoms. The van der Waals surface area contributed by atoms with Gasteiger partial charge >= 0.3 is 0 Å². The van der Waals surface area contributed by atoms with Crippen LogP contribution in [0.25, 0.3) is 16.7 Å². The first-order chi connectivity index (χ1) is 14.7. The molecule has 0 atom stereocenters. The summed E-state index contributed by atoms with van der Waals surface area (Å²) in [5, 5.41) is 6.30. The minimum atomic E-state index is 0.689. The van der Waals surface area contributed by atoms with E-state index in [1.807, 2.05) is 29.1 Å². The van der Waals surface area contributed by atoms with Crippen LogP contribution in [0.4, 0.5) is 5.82 Å². The van der Waals surface area contributed by atoms with Gasteiger partial charge in [0.05, 0.1) is 17.3 Å². The lowest BCUT2D eigenvalue weighted by molar-refractivity contribution is 0.402. The van der Waals surface area contributed by atoms with Crippen molar-refractivity contribution in [2.45, 2.75) is 26.2 Å². The second-order valence-electron chi connectivity index (χ2n) is 8.04. The van der Waals surface area contributed by atoms with Crippen molar-refractivity contribution in [3.63, 3.8) is 0 Å². The van der Waals surface area contributed by atoms with Gasteiger partial charge in [0.2, 0.25) is 0 Å². The van der Waals surface area contributed by atoms with Crippen molar-refractivity contribution >= 4 is 28.5 Å². The number of piperidine rings is 1. The third-order valence-electron chi connectivity index (χ3n) is 6.03. The largest absolute Gasteiger partial charge is 0.356 e. The van der Waals surface area contributed by atoms with Crippen LogP contribution in [0.5, 0.6) is 0 Å². The number of halogens is 1. The highest BCUT2D eigenvalue weighted by Gasteiger charge is 2.23. The summed E-state index contributed by atoms with van der Waals surface area (Å²) < 4.78 is 1.86. The molecule has 5 nitrogen and oxygen atoms in total. The fraction of sp³-hybridized carbons (Fsp3) is 0.292. The van der Waals surface area contributed by atoms with Gasteiger partial charge in [-0.05, 0) is 55.4 Å². The maximum atomic E-state index is 6.23. The first-order valence-corrected chi connectivity index (χ1v) is 10.8. The lowest BCUT2D eigenvalue weighted by atomic mass is 9.90. The van der Waals surface area contributed by atoms with Crippen LogP contribution in [0, 0.1) is 12.8 Å². The molecule has 1 aliphatic rings. The molecule has 0 radical (unpaired) electrons. The number of fused-ring (bicyclic) bond motifs is 1. The Morgan fingerprint density at radius 3 is 2.63 bits per heavy atom. The van der Waals surface area contributed by atoms with Crippen molar-refractivity contribution in [2.75, 3.05) is 18.0 Å². The molecule has 1 aliphatic heterocycles. The van der Waals surface area contributed by atoms with Crippen LogP contribution in [0.3, 0.4) is 0 Å². The Hall–Kier alpha value is -2.92. The highest BCUT2D eigenvalue weighted by Crippen LogP contribution is 2.30. The Bertz CT molecular complexity index is 1160. The fourth-order valence-electron chi connectivity index (χ4n) is 4.37. The average Bonchev–Trinajstić information content (AvgIpc) is 3.21. The molecule has 0 saturated carbocycles. The summed E-state index contributed by atoms with van der Waals surface area (Å²) in [4.78, 5) is 11.5. The summed E-state index contributed by atoms with van der Waals surface area (Å²) in [6, 6.07) is 16.6. The van der Waals surface area contributed by atoms with Crippen LogP contribution < -0.4 is 4.90 Å². The molecule has 5 rings (SSSR count). The summed E-state index contributed by atoms with van der Waals surface area (Å²) in [6.07, 6.45) is 7.01. The summed E-state index contributed by atoms with van der Waals surface area (Å²) in [5.74, 6) is 1.70. The number of anilines is 1. The van der Waals surface area contributed by atoms with Crippen molar-refractivity contribution in [3.8, 4) is 5.69 Å². The predicted molar refractivity (Wildman–Crippen MR) is 121 cm³/mol. The SMILES string of the molecule is Cc1ccc(Cl)cc1-n1ncc2c(N3CCC(Cc4ccccc4)CC3)ncnc21. The van der Waals surface area contributed by atoms with Crippen LogP contribution in [0.2, 0.25) is 5.02 Å². The summed E-state index contributed by atoms with van der Waals surface area (Å²) in [6.45, 7) is 4.06. The van der Waals surface area contributed by atoms with Crippen molar-refractivity contribution in [3.05, 3.63) is 77.2 Å². The molecule has 4 aromatic rings. The van der Waals surface area contributed by atoms with E-state index in [0.29, 0.717) is 5.02 Å². The number of hydrogen-bond acceptors (Lipinski definition) is 4. The zero-order chi connectivity index (χ0) is 20.5. The van der Waals surface area contributed by atoms with E-state index in [2.05, 4.69) is 57.2 Å². The highest BCUT2D eigenvalue weighted by molar-refractivity contribution is 6.30. The van der Waals surface area contributed by atoms with E-state index in [9.17, 15) is 0 Å². The second kappa shape index (κ2) is 8.07. The molecular formula is C24H24ClN5. The molecule has 0 unspecified atom stereocenters. The quantitative estimate of drug-likeness (QED) is 0.455. The molecule has 30 heavy (non-hydrogen) atoms. The lowest BCUT2D eigenvalue weighted by Crippen LogP contribution is -2.35. The van der Waals surface area contributed by atoms with Gasteiger partial charge < -0.3 is 4.90 Å². The van der Waals surface area contributed by atoms with Crippen molar-refractivity contribution in [1.29, 1.82) is 0 Å². The second-order valence-corrected chi connectivity index (χ2v) is 8.48.